The summed E-state index contributed by atoms with van der Waals surface area (Å²) in [6, 6.07) is 0. The second-order valence-corrected chi connectivity index (χ2v) is 12.4. The maximum Gasteiger partial charge on any atom is 0.155 e. The number of carbonyl (C=O) groups is 1. The maximum absolute atomic E-state index is 12.1. The molecule has 3 fully saturated rings. The third-order valence-electron chi connectivity index (χ3n) is 10.7. The van der Waals surface area contributed by atoms with E-state index in [2.05, 4.69) is 53.7 Å². The Balaban J connectivity index is 1.55. The summed E-state index contributed by atoms with van der Waals surface area (Å²) in [5.74, 6) is 5.00. The van der Waals surface area contributed by atoms with Crippen LogP contribution in [0.25, 0.3) is 0 Å². The van der Waals surface area contributed by atoms with Crippen molar-refractivity contribution in [3.8, 4) is 0 Å². The highest BCUT2D eigenvalue weighted by atomic mass is 16.3. The molecule has 0 heterocycles. The van der Waals surface area contributed by atoms with Crippen LogP contribution >= 0.6 is 0 Å². The molecule has 0 bridgehead atoms. The molecule has 0 aromatic heterocycles. The summed E-state index contributed by atoms with van der Waals surface area (Å²) >= 11 is 0. The van der Waals surface area contributed by atoms with E-state index in [4.69, 9.17) is 0 Å². The van der Waals surface area contributed by atoms with Crippen molar-refractivity contribution in [3.63, 3.8) is 0 Å². The molecular weight excluding hydrogens is 380 g/mol. The molecule has 0 aliphatic heterocycles. The number of ketones is 1. The first-order valence-corrected chi connectivity index (χ1v) is 13.2. The quantitative estimate of drug-likeness (QED) is 0.481. The summed E-state index contributed by atoms with van der Waals surface area (Å²) in [5, 5.41) is 11.1. The molecule has 31 heavy (non-hydrogen) atoms. The summed E-state index contributed by atoms with van der Waals surface area (Å²) in [6.07, 6.45) is 15.4. The second kappa shape index (κ2) is 8.47. The Morgan fingerprint density at radius 2 is 1.84 bits per heavy atom. The number of aliphatic hydroxyl groups is 1. The molecule has 174 valence electrons. The molecule has 0 spiro atoms. The number of rotatable bonds is 5. The van der Waals surface area contributed by atoms with Crippen molar-refractivity contribution in [1.29, 1.82) is 0 Å². The molecule has 3 saturated carbocycles. The van der Waals surface area contributed by atoms with Gasteiger partial charge in [0.15, 0.2) is 5.78 Å². The third kappa shape index (κ3) is 3.79. The average molecular weight is 427 g/mol. The minimum Gasteiger partial charge on any atom is -0.389 e. The fourth-order valence-electron chi connectivity index (χ4n) is 8.79. The standard InChI is InChI=1S/C29H46O2/c1-7-20(18(2)3)9-8-19(4)23-10-11-24-22-17-27(31)26-16-21(30)12-14-29(26,6)25(22)13-15-28(23,24)5/h8-9,16,18-20,22-25,27,31H,7,10-15,17H2,1-6H3/t19-,20-,22+,23-,24+,25+,27-,28-,29-/m1/s1. The number of hydrogen-bond acceptors (Lipinski definition) is 2. The number of allylic oxidation sites excluding steroid dienone is 2. The largest absolute Gasteiger partial charge is 0.389 e. The van der Waals surface area contributed by atoms with Gasteiger partial charge in [-0.05, 0) is 109 Å². The number of fused-ring (bicyclic) bond motifs is 5. The van der Waals surface area contributed by atoms with Crippen LogP contribution in [0.4, 0.5) is 0 Å². The number of hydrogen-bond donors (Lipinski definition) is 1. The Morgan fingerprint density at radius 3 is 2.52 bits per heavy atom. The molecule has 0 amide bonds. The van der Waals surface area contributed by atoms with Crippen molar-refractivity contribution in [2.45, 2.75) is 99.0 Å². The SMILES string of the molecule is CC[C@H](C=C[C@@H](C)[C@H]1CC[C@H]2[C@@H]3C[C@@H](O)C4=CC(=O)CC[C@]4(C)[C@H]3CC[C@]12C)C(C)C. The summed E-state index contributed by atoms with van der Waals surface area (Å²) in [5.41, 5.74) is 1.50. The summed E-state index contributed by atoms with van der Waals surface area (Å²) in [6.45, 7) is 14.4. The number of carbonyl (C=O) groups excluding carboxylic acids is 1. The monoisotopic (exact) mass is 426 g/mol. The highest BCUT2D eigenvalue weighted by Gasteiger charge is 2.60. The predicted octanol–water partition coefficient (Wildman–Crippen LogP) is 6.98. The molecule has 4 aliphatic carbocycles. The van der Waals surface area contributed by atoms with E-state index in [1.165, 1.54) is 32.1 Å². The maximum atomic E-state index is 12.1. The van der Waals surface area contributed by atoms with E-state index in [-0.39, 0.29) is 11.2 Å². The minimum atomic E-state index is -0.412. The van der Waals surface area contributed by atoms with Gasteiger partial charge in [0, 0.05) is 6.42 Å². The lowest BCUT2D eigenvalue weighted by molar-refractivity contribution is -0.119. The predicted molar refractivity (Wildman–Crippen MR) is 129 cm³/mol. The summed E-state index contributed by atoms with van der Waals surface area (Å²) < 4.78 is 0. The molecule has 0 radical (unpaired) electrons. The zero-order valence-corrected chi connectivity index (χ0v) is 20.9. The van der Waals surface area contributed by atoms with Gasteiger partial charge < -0.3 is 5.11 Å². The normalized spacial score (nSPS) is 44.6. The van der Waals surface area contributed by atoms with Crippen molar-refractivity contribution < 1.29 is 9.90 Å². The van der Waals surface area contributed by atoms with Crippen molar-refractivity contribution >= 4 is 5.78 Å². The van der Waals surface area contributed by atoms with Crippen LogP contribution in [0, 0.1) is 52.3 Å². The van der Waals surface area contributed by atoms with Crippen LogP contribution in [-0.4, -0.2) is 17.0 Å². The third-order valence-corrected chi connectivity index (χ3v) is 10.7. The molecule has 4 aliphatic rings. The summed E-state index contributed by atoms with van der Waals surface area (Å²) in [4.78, 5) is 12.1. The fraction of sp³-hybridized carbons (Fsp3) is 0.828. The van der Waals surface area contributed by atoms with E-state index >= 15 is 0 Å². The van der Waals surface area contributed by atoms with Gasteiger partial charge in [-0.1, -0.05) is 53.7 Å². The molecule has 2 nitrogen and oxygen atoms in total. The lowest BCUT2D eigenvalue weighted by atomic mass is 9.46. The van der Waals surface area contributed by atoms with Crippen LogP contribution in [0.1, 0.15) is 92.9 Å². The second-order valence-electron chi connectivity index (χ2n) is 12.4. The first-order chi connectivity index (χ1) is 14.6. The van der Waals surface area contributed by atoms with Crippen LogP contribution < -0.4 is 0 Å². The van der Waals surface area contributed by atoms with Gasteiger partial charge in [-0.25, -0.2) is 0 Å². The zero-order valence-electron chi connectivity index (χ0n) is 20.9. The van der Waals surface area contributed by atoms with Gasteiger partial charge in [0.25, 0.3) is 0 Å². The van der Waals surface area contributed by atoms with Crippen LogP contribution in [0.3, 0.4) is 0 Å². The van der Waals surface area contributed by atoms with E-state index in [1.54, 1.807) is 0 Å². The Labute approximate surface area is 191 Å². The van der Waals surface area contributed by atoms with Crippen LogP contribution in [-0.2, 0) is 4.79 Å². The molecular formula is C29H46O2. The van der Waals surface area contributed by atoms with Gasteiger partial charge in [-0.2, -0.15) is 0 Å². The summed E-state index contributed by atoms with van der Waals surface area (Å²) in [7, 11) is 0. The van der Waals surface area contributed by atoms with Gasteiger partial charge in [0.05, 0.1) is 6.10 Å². The highest BCUT2D eigenvalue weighted by Crippen LogP contribution is 2.67. The first kappa shape index (κ1) is 23.3. The Hall–Kier alpha value is -0.890. The van der Waals surface area contributed by atoms with Gasteiger partial charge in [0.2, 0.25) is 0 Å². The van der Waals surface area contributed by atoms with Gasteiger partial charge >= 0.3 is 0 Å². The minimum absolute atomic E-state index is 0.0345. The Kier molecular flexibility index (Phi) is 6.36. The van der Waals surface area contributed by atoms with Crippen LogP contribution in [0.2, 0.25) is 0 Å². The van der Waals surface area contributed by atoms with Crippen molar-refractivity contribution in [3.05, 3.63) is 23.8 Å². The number of aliphatic hydroxyl groups excluding tert-OH is 1. The van der Waals surface area contributed by atoms with Crippen LogP contribution in [0.5, 0.6) is 0 Å². The molecule has 2 heteroatoms. The molecule has 4 rings (SSSR count). The highest BCUT2D eigenvalue weighted by molar-refractivity contribution is 5.91. The van der Waals surface area contributed by atoms with E-state index in [9.17, 15) is 9.90 Å². The lowest BCUT2D eigenvalue weighted by Crippen LogP contribution is -2.54. The van der Waals surface area contributed by atoms with Gasteiger partial charge in [-0.15, -0.1) is 0 Å². The van der Waals surface area contributed by atoms with Gasteiger partial charge in [-0.3, -0.25) is 4.79 Å². The zero-order chi connectivity index (χ0) is 22.6. The molecule has 0 unspecified atom stereocenters. The van der Waals surface area contributed by atoms with E-state index in [0.29, 0.717) is 41.4 Å². The van der Waals surface area contributed by atoms with Gasteiger partial charge in [0.1, 0.15) is 0 Å². The van der Waals surface area contributed by atoms with Crippen LogP contribution in [0.15, 0.2) is 23.8 Å². The average Bonchev–Trinajstić information content (AvgIpc) is 3.07. The topological polar surface area (TPSA) is 37.3 Å². The van der Waals surface area contributed by atoms with Crippen molar-refractivity contribution in [2.24, 2.45) is 52.3 Å². The van der Waals surface area contributed by atoms with Crippen molar-refractivity contribution in [1.82, 2.24) is 0 Å². The molecule has 1 N–H and O–H groups in total. The smallest absolute Gasteiger partial charge is 0.155 e. The van der Waals surface area contributed by atoms with E-state index in [1.807, 2.05) is 6.08 Å². The molecule has 0 aromatic rings. The fourth-order valence-corrected chi connectivity index (χ4v) is 8.79. The lowest BCUT2D eigenvalue weighted by Gasteiger charge is -2.59. The van der Waals surface area contributed by atoms with Crippen molar-refractivity contribution in [2.75, 3.05) is 0 Å². The first-order valence-electron chi connectivity index (χ1n) is 13.2. The molecule has 9 atom stereocenters. The Morgan fingerprint density at radius 1 is 1.10 bits per heavy atom. The van der Waals surface area contributed by atoms with E-state index < -0.39 is 6.10 Å². The molecule has 0 aromatic carbocycles. The molecule has 0 saturated heterocycles. The Bertz CT molecular complexity index is 748. The van der Waals surface area contributed by atoms with E-state index in [0.717, 1.165) is 30.3 Å².